The van der Waals surface area contributed by atoms with E-state index in [1.165, 1.54) is 4.90 Å². The number of carbonyl (C=O) groups is 2. The van der Waals surface area contributed by atoms with E-state index in [4.69, 9.17) is 9.47 Å². The molecule has 2 aliphatic rings. The summed E-state index contributed by atoms with van der Waals surface area (Å²) >= 11 is 0. The van der Waals surface area contributed by atoms with Crippen LogP contribution in [0.5, 0.6) is 0 Å². The third kappa shape index (κ3) is 3.16. The fourth-order valence-electron chi connectivity index (χ4n) is 2.66. The second kappa shape index (κ2) is 6.13. The zero-order valence-corrected chi connectivity index (χ0v) is 11.7. The number of hydrogen-bond acceptors (Lipinski definition) is 4. The Morgan fingerprint density at radius 1 is 1.33 bits per heavy atom. The summed E-state index contributed by atoms with van der Waals surface area (Å²) in [5.41, 5.74) is 0.928. The van der Waals surface area contributed by atoms with E-state index in [9.17, 15) is 9.59 Å². The smallest absolute Gasteiger partial charge is 0.410 e. The fraction of sp³-hybridized carbons (Fsp3) is 0.467. The molecule has 0 bridgehead atoms. The minimum atomic E-state index is -0.447. The quantitative estimate of drug-likeness (QED) is 0.811. The molecule has 0 aromatic heterocycles. The van der Waals surface area contributed by atoms with Crippen molar-refractivity contribution >= 4 is 12.0 Å². The number of amides is 2. The molecular formula is C15H18N2O4. The molecule has 0 N–H and O–H groups in total. The van der Waals surface area contributed by atoms with E-state index in [0.29, 0.717) is 26.3 Å². The molecule has 2 aliphatic heterocycles. The van der Waals surface area contributed by atoms with Crippen LogP contribution in [0.4, 0.5) is 4.79 Å². The number of carbonyl (C=O) groups excluding carboxylic acids is 2. The van der Waals surface area contributed by atoms with Crippen molar-refractivity contribution in [1.29, 1.82) is 0 Å². The van der Waals surface area contributed by atoms with E-state index in [1.807, 2.05) is 30.3 Å². The van der Waals surface area contributed by atoms with Crippen LogP contribution in [-0.4, -0.2) is 60.7 Å². The van der Waals surface area contributed by atoms with Crippen molar-refractivity contribution in [3.63, 3.8) is 0 Å². The first-order valence-electron chi connectivity index (χ1n) is 7.07. The summed E-state index contributed by atoms with van der Waals surface area (Å²) < 4.78 is 10.6. The molecule has 0 spiro atoms. The average Bonchev–Trinajstić information content (AvgIpc) is 2.53. The Morgan fingerprint density at radius 3 is 2.95 bits per heavy atom. The lowest BCUT2D eigenvalue weighted by atomic mass is 10.1. The molecule has 2 fully saturated rings. The highest BCUT2D eigenvalue weighted by molar-refractivity contribution is 5.84. The molecule has 6 heteroatoms. The van der Waals surface area contributed by atoms with Crippen molar-refractivity contribution in [3.8, 4) is 0 Å². The summed E-state index contributed by atoms with van der Waals surface area (Å²) in [6.45, 7) is 2.43. The third-order valence-corrected chi connectivity index (χ3v) is 3.77. The molecule has 6 nitrogen and oxygen atoms in total. The Morgan fingerprint density at radius 2 is 2.14 bits per heavy atom. The topological polar surface area (TPSA) is 59.1 Å². The maximum atomic E-state index is 12.1. The van der Waals surface area contributed by atoms with Gasteiger partial charge in [-0.15, -0.1) is 0 Å². The van der Waals surface area contributed by atoms with Crippen molar-refractivity contribution in [2.45, 2.75) is 12.6 Å². The molecule has 2 saturated heterocycles. The van der Waals surface area contributed by atoms with E-state index >= 15 is 0 Å². The molecule has 0 radical (unpaired) electrons. The summed E-state index contributed by atoms with van der Waals surface area (Å²) in [6.07, 6.45) is -0.447. The molecule has 21 heavy (non-hydrogen) atoms. The van der Waals surface area contributed by atoms with Crippen LogP contribution in [-0.2, 0) is 20.9 Å². The van der Waals surface area contributed by atoms with Crippen LogP contribution >= 0.6 is 0 Å². The molecule has 0 aliphatic carbocycles. The maximum absolute atomic E-state index is 12.1. The van der Waals surface area contributed by atoms with Crippen molar-refractivity contribution < 1.29 is 19.1 Å². The molecule has 1 aromatic carbocycles. The van der Waals surface area contributed by atoms with Gasteiger partial charge in [0.1, 0.15) is 13.2 Å². The monoisotopic (exact) mass is 290 g/mol. The van der Waals surface area contributed by atoms with Crippen molar-refractivity contribution in [2.24, 2.45) is 0 Å². The first kappa shape index (κ1) is 13.9. The molecule has 1 atom stereocenters. The van der Waals surface area contributed by atoms with Gasteiger partial charge in [-0.3, -0.25) is 9.69 Å². The number of morpholine rings is 1. The van der Waals surface area contributed by atoms with Gasteiger partial charge < -0.3 is 14.4 Å². The number of piperazine rings is 1. The lowest BCUT2D eigenvalue weighted by Gasteiger charge is -2.42. The Hall–Kier alpha value is -2.08. The molecule has 2 amide bonds. The van der Waals surface area contributed by atoms with Crippen molar-refractivity contribution in [2.75, 3.05) is 32.8 Å². The van der Waals surface area contributed by atoms with Gasteiger partial charge in [-0.25, -0.2) is 4.79 Å². The highest BCUT2D eigenvalue weighted by Crippen LogP contribution is 2.16. The van der Waals surface area contributed by atoms with Crippen molar-refractivity contribution in [1.82, 2.24) is 9.80 Å². The van der Waals surface area contributed by atoms with Gasteiger partial charge in [0.05, 0.1) is 19.3 Å². The van der Waals surface area contributed by atoms with E-state index < -0.39 is 6.09 Å². The van der Waals surface area contributed by atoms with Crippen LogP contribution < -0.4 is 0 Å². The van der Waals surface area contributed by atoms with Gasteiger partial charge in [0.2, 0.25) is 5.91 Å². The number of fused-ring (bicyclic) bond motifs is 1. The average molecular weight is 290 g/mol. The van der Waals surface area contributed by atoms with Crippen LogP contribution in [0.25, 0.3) is 0 Å². The summed E-state index contributed by atoms with van der Waals surface area (Å²) in [4.78, 5) is 27.4. The third-order valence-electron chi connectivity index (χ3n) is 3.77. The molecule has 112 valence electrons. The minimum absolute atomic E-state index is 0.0359. The van der Waals surface area contributed by atoms with Gasteiger partial charge in [-0.2, -0.15) is 0 Å². The number of nitrogens with zero attached hydrogens (tertiary/aromatic N) is 2. The van der Waals surface area contributed by atoms with Gasteiger partial charge in [0.25, 0.3) is 0 Å². The van der Waals surface area contributed by atoms with Gasteiger partial charge in [0, 0.05) is 13.1 Å². The van der Waals surface area contributed by atoms with Crippen LogP contribution in [0, 0.1) is 0 Å². The lowest BCUT2D eigenvalue weighted by Crippen LogP contribution is -2.61. The Labute approximate surface area is 123 Å². The van der Waals surface area contributed by atoms with Gasteiger partial charge in [-0.1, -0.05) is 30.3 Å². The summed E-state index contributed by atoms with van der Waals surface area (Å²) in [7, 11) is 0. The summed E-state index contributed by atoms with van der Waals surface area (Å²) in [6, 6.07) is 9.43. The molecule has 2 heterocycles. The first-order chi connectivity index (χ1) is 10.2. The molecule has 0 saturated carbocycles. The molecule has 1 unspecified atom stereocenters. The van der Waals surface area contributed by atoms with Gasteiger partial charge >= 0.3 is 6.09 Å². The Balaban J connectivity index is 1.56. The summed E-state index contributed by atoms with van der Waals surface area (Å²) in [5.74, 6) is -0.0359. The van der Waals surface area contributed by atoms with Crippen molar-refractivity contribution in [3.05, 3.63) is 35.9 Å². The summed E-state index contributed by atoms with van der Waals surface area (Å²) in [5, 5.41) is 0. The van der Waals surface area contributed by atoms with Gasteiger partial charge in [-0.05, 0) is 5.56 Å². The number of ether oxygens (including phenoxy) is 2. The van der Waals surface area contributed by atoms with Crippen LogP contribution in [0.15, 0.2) is 30.3 Å². The zero-order valence-electron chi connectivity index (χ0n) is 11.7. The van der Waals surface area contributed by atoms with E-state index in [2.05, 4.69) is 0 Å². The molecular weight excluding hydrogens is 272 g/mol. The molecule has 3 rings (SSSR count). The van der Waals surface area contributed by atoms with Crippen LogP contribution in [0.2, 0.25) is 0 Å². The van der Waals surface area contributed by atoms with Crippen LogP contribution in [0.1, 0.15) is 5.56 Å². The molecule has 1 aromatic rings. The predicted molar refractivity (Wildman–Crippen MR) is 74.5 cm³/mol. The number of hydrogen-bond donors (Lipinski definition) is 0. The Kier molecular flexibility index (Phi) is 4.06. The normalized spacial score (nSPS) is 21.9. The van der Waals surface area contributed by atoms with Crippen LogP contribution in [0.3, 0.4) is 0 Å². The SMILES string of the molecule is O=C(OCc1ccccc1)N1CC(=O)N2CCOCC2C1. The number of rotatable bonds is 2. The first-order valence-corrected chi connectivity index (χ1v) is 7.07. The second-order valence-corrected chi connectivity index (χ2v) is 5.24. The minimum Gasteiger partial charge on any atom is -0.445 e. The highest BCUT2D eigenvalue weighted by Gasteiger charge is 2.36. The Bertz CT molecular complexity index is 520. The lowest BCUT2D eigenvalue weighted by molar-refractivity contribution is -0.147. The fourth-order valence-corrected chi connectivity index (χ4v) is 2.66. The highest BCUT2D eigenvalue weighted by atomic mass is 16.6. The van der Waals surface area contributed by atoms with E-state index in [-0.39, 0.29) is 25.1 Å². The zero-order chi connectivity index (χ0) is 14.7. The maximum Gasteiger partial charge on any atom is 0.410 e. The second-order valence-electron chi connectivity index (χ2n) is 5.24. The standard InChI is InChI=1S/C15H18N2O4/c18-14-9-16(8-13-11-20-7-6-17(13)14)15(19)21-10-12-4-2-1-3-5-12/h1-5,13H,6-11H2. The van der Waals surface area contributed by atoms with E-state index in [0.717, 1.165) is 5.56 Å². The predicted octanol–water partition coefficient (Wildman–Crippen LogP) is 0.866. The number of benzene rings is 1. The van der Waals surface area contributed by atoms with E-state index in [1.54, 1.807) is 4.90 Å². The van der Waals surface area contributed by atoms with Gasteiger partial charge in [0.15, 0.2) is 0 Å². The largest absolute Gasteiger partial charge is 0.445 e.